The molecule has 3 aromatic heterocycles. The quantitative estimate of drug-likeness (QED) is 0.161. The zero-order chi connectivity index (χ0) is 28.9. The summed E-state index contributed by atoms with van der Waals surface area (Å²) in [6.45, 7) is 1.50. The maximum absolute atomic E-state index is 11.1. The van der Waals surface area contributed by atoms with Crippen LogP contribution in [-0.4, -0.2) is 39.5 Å². The number of aromatic nitrogens is 4. The highest BCUT2D eigenvalue weighted by Gasteiger charge is 2.18. The molecule has 0 amide bonds. The second kappa shape index (κ2) is 12.0. The fraction of sp³-hybridized carbons (Fsp3) is 0.118. The largest absolute Gasteiger partial charge is 0.496 e. The highest BCUT2D eigenvalue weighted by atomic mass is 16.5. The molecule has 208 valence electrons. The summed E-state index contributed by atoms with van der Waals surface area (Å²) in [4.78, 5) is 25.4. The van der Waals surface area contributed by atoms with E-state index in [0.717, 1.165) is 64.1 Å². The molecule has 8 heteroatoms. The molecule has 0 radical (unpaired) electrons. The lowest BCUT2D eigenvalue weighted by Crippen LogP contribution is -2.16. The van der Waals surface area contributed by atoms with Crippen LogP contribution in [-0.2, 0) is 13.0 Å². The Morgan fingerprint density at radius 2 is 1.71 bits per heavy atom. The Labute approximate surface area is 243 Å². The van der Waals surface area contributed by atoms with Crippen LogP contribution >= 0.6 is 0 Å². The molecular weight excluding hydrogens is 524 g/mol. The lowest BCUT2D eigenvalue weighted by molar-refractivity contribution is 0.112. The molecule has 3 N–H and O–H groups in total. The number of fused-ring (bicyclic) bond motifs is 1. The van der Waals surface area contributed by atoms with Crippen LogP contribution in [0.2, 0.25) is 0 Å². The van der Waals surface area contributed by atoms with Gasteiger partial charge in [-0.15, -0.1) is 0 Å². The molecule has 8 nitrogen and oxygen atoms in total. The SMILES string of the molecule is COc1cc(CCNCc2ccc(-n3c(-c4cccnc4N)nc4ccc(-c5ccccc5)nc43)cc2)ccc1C=O. The lowest BCUT2D eigenvalue weighted by Gasteiger charge is -2.12. The van der Waals surface area contributed by atoms with Crippen molar-refractivity contribution in [3.05, 3.63) is 120 Å². The van der Waals surface area contributed by atoms with Gasteiger partial charge in [0, 0.05) is 24.0 Å². The van der Waals surface area contributed by atoms with Gasteiger partial charge in [-0.2, -0.15) is 0 Å². The number of imidazole rings is 1. The summed E-state index contributed by atoms with van der Waals surface area (Å²) in [5.41, 5.74) is 14.2. The molecule has 0 unspecified atom stereocenters. The topological polar surface area (TPSA) is 108 Å². The van der Waals surface area contributed by atoms with Gasteiger partial charge in [-0.3, -0.25) is 9.36 Å². The fourth-order valence-electron chi connectivity index (χ4n) is 5.00. The van der Waals surface area contributed by atoms with Crippen LogP contribution in [0.4, 0.5) is 5.82 Å². The standard InChI is InChI=1S/C34H30N6O2/c1-42-31-20-23(9-12-26(31)22-41)17-19-36-21-24-10-13-27(14-11-24)40-33(28-8-5-18-37-32(28)35)39-30-16-15-29(38-34(30)40)25-6-3-2-4-7-25/h2-16,18,20,22,36H,17,19,21H2,1H3,(H2,35,37). The summed E-state index contributed by atoms with van der Waals surface area (Å²) in [5, 5.41) is 3.50. The highest BCUT2D eigenvalue weighted by molar-refractivity contribution is 5.84. The van der Waals surface area contributed by atoms with Crippen molar-refractivity contribution in [2.24, 2.45) is 0 Å². The van der Waals surface area contributed by atoms with Crippen molar-refractivity contribution in [3.63, 3.8) is 0 Å². The van der Waals surface area contributed by atoms with Gasteiger partial charge in [0.05, 0.1) is 23.9 Å². The average molecular weight is 555 g/mol. The van der Waals surface area contributed by atoms with E-state index in [1.165, 1.54) is 0 Å². The van der Waals surface area contributed by atoms with E-state index in [0.29, 0.717) is 29.5 Å². The highest BCUT2D eigenvalue weighted by Crippen LogP contribution is 2.31. The van der Waals surface area contributed by atoms with Crippen LogP contribution in [0.1, 0.15) is 21.5 Å². The Bertz CT molecular complexity index is 1850. The van der Waals surface area contributed by atoms with Gasteiger partial charge in [0.25, 0.3) is 0 Å². The number of hydrogen-bond acceptors (Lipinski definition) is 7. The van der Waals surface area contributed by atoms with Crippen LogP contribution in [0.3, 0.4) is 0 Å². The maximum atomic E-state index is 11.1. The van der Waals surface area contributed by atoms with E-state index in [2.05, 4.69) is 34.6 Å². The van der Waals surface area contributed by atoms with Crippen molar-refractivity contribution in [1.82, 2.24) is 24.8 Å². The first-order chi connectivity index (χ1) is 20.6. The van der Waals surface area contributed by atoms with Crippen molar-refractivity contribution in [2.45, 2.75) is 13.0 Å². The molecule has 0 aliphatic heterocycles. The summed E-state index contributed by atoms with van der Waals surface area (Å²) >= 11 is 0. The van der Waals surface area contributed by atoms with E-state index in [4.69, 9.17) is 20.4 Å². The number of hydrogen-bond donors (Lipinski definition) is 2. The van der Waals surface area contributed by atoms with E-state index in [1.54, 1.807) is 19.4 Å². The molecule has 6 aromatic rings. The van der Waals surface area contributed by atoms with Gasteiger partial charge in [0.15, 0.2) is 17.8 Å². The number of nitrogens with two attached hydrogens (primary N) is 1. The lowest BCUT2D eigenvalue weighted by atomic mass is 10.1. The van der Waals surface area contributed by atoms with Gasteiger partial charge >= 0.3 is 0 Å². The summed E-state index contributed by atoms with van der Waals surface area (Å²) < 4.78 is 7.36. The number of carbonyl (C=O) groups excluding carboxylic acids is 1. The minimum Gasteiger partial charge on any atom is -0.496 e. The molecule has 0 fully saturated rings. The molecule has 42 heavy (non-hydrogen) atoms. The first-order valence-corrected chi connectivity index (χ1v) is 13.7. The van der Waals surface area contributed by atoms with Crippen molar-refractivity contribution < 1.29 is 9.53 Å². The number of nitrogens with one attached hydrogen (secondary N) is 1. The Hall–Kier alpha value is -5.34. The van der Waals surface area contributed by atoms with Crippen molar-refractivity contribution in [3.8, 4) is 34.1 Å². The Morgan fingerprint density at radius 1 is 0.905 bits per heavy atom. The molecule has 3 aromatic carbocycles. The van der Waals surface area contributed by atoms with E-state index >= 15 is 0 Å². The smallest absolute Gasteiger partial charge is 0.165 e. The first-order valence-electron chi connectivity index (χ1n) is 13.7. The summed E-state index contributed by atoms with van der Waals surface area (Å²) in [7, 11) is 1.58. The molecule has 0 spiro atoms. The third-order valence-electron chi connectivity index (χ3n) is 7.19. The normalized spacial score (nSPS) is 11.1. The number of methoxy groups -OCH3 is 1. The molecular formula is C34H30N6O2. The second-order valence-corrected chi connectivity index (χ2v) is 9.90. The van der Waals surface area contributed by atoms with E-state index in [1.807, 2.05) is 71.3 Å². The van der Waals surface area contributed by atoms with Crippen LogP contribution in [0, 0.1) is 0 Å². The fourth-order valence-corrected chi connectivity index (χ4v) is 5.00. The van der Waals surface area contributed by atoms with Gasteiger partial charge in [0.2, 0.25) is 0 Å². The second-order valence-electron chi connectivity index (χ2n) is 9.90. The number of nitrogens with zero attached hydrogens (tertiary/aromatic N) is 4. The summed E-state index contributed by atoms with van der Waals surface area (Å²) in [6, 6.07) is 31.9. The molecule has 0 bridgehead atoms. The van der Waals surface area contributed by atoms with Crippen LogP contribution < -0.4 is 15.8 Å². The average Bonchev–Trinajstić information content (AvgIpc) is 3.42. The third-order valence-corrected chi connectivity index (χ3v) is 7.19. The summed E-state index contributed by atoms with van der Waals surface area (Å²) in [5.74, 6) is 1.70. The minimum absolute atomic E-state index is 0.413. The zero-order valence-corrected chi connectivity index (χ0v) is 23.2. The third kappa shape index (κ3) is 5.48. The van der Waals surface area contributed by atoms with E-state index in [-0.39, 0.29) is 0 Å². The van der Waals surface area contributed by atoms with Crippen molar-refractivity contribution >= 4 is 23.3 Å². The first kappa shape index (κ1) is 26.9. The Kier molecular flexibility index (Phi) is 7.70. The zero-order valence-electron chi connectivity index (χ0n) is 23.2. The maximum Gasteiger partial charge on any atom is 0.165 e. The number of pyridine rings is 2. The van der Waals surface area contributed by atoms with Gasteiger partial charge in [-0.05, 0) is 72.6 Å². The molecule has 3 heterocycles. The number of nitrogen functional groups attached to an aromatic ring is 1. The number of anilines is 1. The van der Waals surface area contributed by atoms with Crippen LogP contribution in [0.5, 0.6) is 5.75 Å². The Balaban J connectivity index is 1.26. The van der Waals surface area contributed by atoms with Crippen LogP contribution in [0.15, 0.2) is 103 Å². The van der Waals surface area contributed by atoms with E-state index in [9.17, 15) is 4.79 Å². The molecule has 0 aliphatic rings. The number of aldehydes is 1. The van der Waals surface area contributed by atoms with Gasteiger partial charge < -0.3 is 15.8 Å². The van der Waals surface area contributed by atoms with Gasteiger partial charge in [-0.1, -0.05) is 48.5 Å². The monoisotopic (exact) mass is 554 g/mol. The molecule has 0 saturated heterocycles. The molecule has 0 saturated carbocycles. The van der Waals surface area contributed by atoms with Crippen molar-refractivity contribution in [1.29, 1.82) is 0 Å². The van der Waals surface area contributed by atoms with Crippen LogP contribution in [0.25, 0.3) is 39.5 Å². The number of rotatable bonds is 10. The minimum atomic E-state index is 0.413. The Morgan fingerprint density at radius 3 is 2.48 bits per heavy atom. The molecule has 0 atom stereocenters. The van der Waals surface area contributed by atoms with E-state index < -0.39 is 0 Å². The predicted octanol–water partition coefficient (Wildman–Crippen LogP) is 5.89. The van der Waals surface area contributed by atoms with Gasteiger partial charge in [-0.25, -0.2) is 15.0 Å². The number of benzene rings is 3. The van der Waals surface area contributed by atoms with Crippen molar-refractivity contribution in [2.75, 3.05) is 19.4 Å². The number of carbonyl (C=O) groups is 1. The molecule has 6 rings (SSSR count). The molecule has 0 aliphatic carbocycles. The predicted molar refractivity (Wildman–Crippen MR) is 166 cm³/mol. The summed E-state index contributed by atoms with van der Waals surface area (Å²) in [6.07, 6.45) is 3.31. The van der Waals surface area contributed by atoms with Gasteiger partial charge in [0.1, 0.15) is 17.1 Å². The number of ether oxygens (including phenoxy) is 1.